The van der Waals surface area contributed by atoms with E-state index in [0.29, 0.717) is 18.0 Å². The van der Waals surface area contributed by atoms with Crippen molar-refractivity contribution in [1.29, 1.82) is 0 Å². The number of hydrogen-bond donors (Lipinski definition) is 1. The van der Waals surface area contributed by atoms with Gasteiger partial charge in [0.15, 0.2) is 0 Å². The van der Waals surface area contributed by atoms with E-state index in [0.717, 1.165) is 38.5 Å². The highest BCUT2D eigenvalue weighted by atomic mass is 32.2. The van der Waals surface area contributed by atoms with Gasteiger partial charge < -0.3 is 15.0 Å². The van der Waals surface area contributed by atoms with Crippen LogP contribution < -0.4 is 14.4 Å². The van der Waals surface area contributed by atoms with E-state index in [1.54, 1.807) is 49.6 Å². The van der Waals surface area contributed by atoms with Gasteiger partial charge in [-0.05, 0) is 85.8 Å². The number of hydrogen-bond acceptors (Lipinski definition) is 5. The van der Waals surface area contributed by atoms with Gasteiger partial charge in [-0.2, -0.15) is 0 Å². The van der Waals surface area contributed by atoms with Gasteiger partial charge in [0, 0.05) is 19.5 Å². The summed E-state index contributed by atoms with van der Waals surface area (Å²) in [4.78, 5) is 30.0. The maximum Gasteiger partial charge on any atom is 0.264 e. The van der Waals surface area contributed by atoms with Crippen molar-refractivity contribution in [2.45, 2.75) is 58.0 Å². The molecule has 0 bridgehead atoms. The van der Waals surface area contributed by atoms with Gasteiger partial charge in [0.05, 0.1) is 17.7 Å². The summed E-state index contributed by atoms with van der Waals surface area (Å²) in [6, 6.07) is 27.9. The van der Waals surface area contributed by atoms with Crippen LogP contribution in [0.5, 0.6) is 5.75 Å². The minimum atomic E-state index is -4.17. The van der Waals surface area contributed by atoms with Crippen LogP contribution in [0.25, 0.3) is 0 Å². The Morgan fingerprint density at radius 1 is 0.804 bits per heavy atom. The van der Waals surface area contributed by atoms with Crippen molar-refractivity contribution in [3.8, 4) is 5.75 Å². The van der Waals surface area contributed by atoms with E-state index >= 15 is 0 Å². The summed E-state index contributed by atoms with van der Waals surface area (Å²) in [6.07, 6.45) is 0.975. The van der Waals surface area contributed by atoms with Crippen molar-refractivity contribution >= 4 is 27.5 Å². The molecule has 0 aliphatic carbocycles. The Kier molecular flexibility index (Phi) is 11.6. The second kappa shape index (κ2) is 15.6. The smallest absolute Gasteiger partial charge is 0.264 e. The number of ether oxygens (including phenoxy) is 1. The zero-order valence-corrected chi connectivity index (χ0v) is 28.0. The van der Waals surface area contributed by atoms with Crippen LogP contribution >= 0.6 is 0 Å². The maximum absolute atomic E-state index is 14.6. The van der Waals surface area contributed by atoms with Gasteiger partial charge in [0.1, 0.15) is 18.3 Å². The summed E-state index contributed by atoms with van der Waals surface area (Å²) in [7, 11) is -2.60. The fourth-order valence-electron chi connectivity index (χ4n) is 5.35. The van der Waals surface area contributed by atoms with E-state index in [1.807, 2.05) is 82.3 Å². The lowest BCUT2D eigenvalue weighted by atomic mass is 10.0. The largest absolute Gasteiger partial charge is 0.497 e. The molecule has 0 fully saturated rings. The van der Waals surface area contributed by atoms with Gasteiger partial charge in [-0.25, -0.2) is 8.42 Å². The fourth-order valence-corrected chi connectivity index (χ4v) is 6.75. The first-order valence-corrected chi connectivity index (χ1v) is 16.9. The van der Waals surface area contributed by atoms with Crippen LogP contribution in [0.2, 0.25) is 0 Å². The van der Waals surface area contributed by atoms with E-state index in [-0.39, 0.29) is 23.8 Å². The van der Waals surface area contributed by atoms with Crippen LogP contribution in [0.1, 0.15) is 41.2 Å². The third-order valence-electron chi connectivity index (χ3n) is 7.69. The van der Waals surface area contributed by atoms with Crippen molar-refractivity contribution in [1.82, 2.24) is 10.2 Å². The molecule has 0 radical (unpaired) electrons. The zero-order chi connectivity index (χ0) is 33.3. The molecule has 9 heteroatoms. The first-order valence-electron chi connectivity index (χ1n) is 15.4. The van der Waals surface area contributed by atoms with Gasteiger partial charge in [-0.1, -0.05) is 73.2 Å². The number of methoxy groups -OCH3 is 1. The molecule has 1 atom stereocenters. The molecule has 1 N–H and O–H groups in total. The van der Waals surface area contributed by atoms with Crippen LogP contribution in [0.3, 0.4) is 0 Å². The molecule has 2 amide bonds. The molecule has 0 aromatic heterocycles. The van der Waals surface area contributed by atoms with Crippen molar-refractivity contribution < 1.29 is 22.7 Å². The first kappa shape index (κ1) is 34.2. The molecule has 0 unspecified atom stereocenters. The van der Waals surface area contributed by atoms with Crippen LogP contribution in [0.15, 0.2) is 102 Å². The van der Waals surface area contributed by atoms with Gasteiger partial charge in [0.2, 0.25) is 11.8 Å². The number of anilines is 1. The van der Waals surface area contributed by atoms with Crippen LogP contribution in [0.4, 0.5) is 5.69 Å². The minimum absolute atomic E-state index is 0.0678. The lowest BCUT2D eigenvalue weighted by molar-refractivity contribution is -0.140. The highest BCUT2D eigenvalue weighted by Gasteiger charge is 2.34. The quantitative estimate of drug-likeness (QED) is 0.183. The van der Waals surface area contributed by atoms with Crippen LogP contribution in [-0.2, 0) is 32.6 Å². The Morgan fingerprint density at radius 3 is 2.09 bits per heavy atom. The molecule has 8 nitrogen and oxygen atoms in total. The van der Waals surface area contributed by atoms with Crippen molar-refractivity contribution in [2.75, 3.05) is 24.5 Å². The van der Waals surface area contributed by atoms with Crippen molar-refractivity contribution in [3.63, 3.8) is 0 Å². The molecule has 46 heavy (non-hydrogen) atoms. The minimum Gasteiger partial charge on any atom is -0.497 e. The van der Waals surface area contributed by atoms with E-state index in [1.165, 1.54) is 4.90 Å². The van der Waals surface area contributed by atoms with E-state index < -0.39 is 28.5 Å². The number of aryl methyl sites for hydroxylation is 3. The molecule has 4 aromatic carbocycles. The Hall–Kier alpha value is -4.63. The number of carbonyl (C=O) groups is 2. The number of carbonyl (C=O) groups excluding carboxylic acids is 2. The first-order chi connectivity index (χ1) is 22.0. The molecule has 242 valence electrons. The molecule has 0 saturated heterocycles. The summed E-state index contributed by atoms with van der Waals surface area (Å²) >= 11 is 0. The number of benzene rings is 4. The molecule has 4 aromatic rings. The highest BCUT2D eigenvalue weighted by molar-refractivity contribution is 7.92. The lowest BCUT2D eigenvalue weighted by Crippen LogP contribution is -2.53. The topological polar surface area (TPSA) is 96.0 Å². The second-order valence-corrected chi connectivity index (χ2v) is 13.4. The molecular weight excluding hydrogens is 598 g/mol. The van der Waals surface area contributed by atoms with Gasteiger partial charge >= 0.3 is 0 Å². The summed E-state index contributed by atoms with van der Waals surface area (Å²) in [6.45, 7) is 7.63. The predicted octanol–water partition coefficient (Wildman–Crippen LogP) is 5.98. The van der Waals surface area contributed by atoms with Crippen LogP contribution in [0, 0.1) is 20.8 Å². The van der Waals surface area contributed by atoms with Gasteiger partial charge in [-0.15, -0.1) is 0 Å². The molecule has 0 aliphatic heterocycles. The van der Waals surface area contributed by atoms with E-state index in [2.05, 4.69) is 5.32 Å². The fraction of sp³-hybridized carbons (Fsp3) is 0.297. The normalized spacial score (nSPS) is 11.8. The Morgan fingerprint density at radius 2 is 1.46 bits per heavy atom. The standard InChI is InChI=1S/C37H43N3O5S/c1-6-19-38-37(42)35(24-30-11-8-7-9-12-30)39(25-31-13-10-14-33(23-31)45-5)36(41)26-40(32-21-28(3)20-29(4)22-32)46(43,44)34-17-15-27(2)16-18-34/h7-18,20-23,35H,6,19,24-26H2,1-5H3,(H,38,42)/t35-/m1/s1. The van der Waals surface area contributed by atoms with Crippen LogP contribution in [-0.4, -0.2) is 51.4 Å². The average molecular weight is 642 g/mol. The third kappa shape index (κ3) is 8.75. The van der Waals surface area contributed by atoms with E-state index in [4.69, 9.17) is 4.74 Å². The van der Waals surface area contributed by atoms with Crippen molar-refractivity contribution in [2.24, 2.45) is 0 Å². The zero-order valence-electron chi connectivity index (χ0n) is 27.2. The van der Waals surface area contributed by atoms with E-state index in [9.17, 15) is 18.0 Å². The van der Waals surface area contributed by atoms with Gasteiger partial charge in [-0.3, -0.25) is 13.9 Å². The Labute approximate surface area is 273 Å². The molecule has 0 saturated carbocycles. The van der Waals surface area contributed by atoms with Crippen molar-refractivity contribution in [3.05, 3.63) is 125 Å². The summed E-state index contributed by atoms with van der Waals surface area (Å²) in [5, 5.41) is 2.97. The summed E-state index contributed by atoms with van der Waals surface area (Å²) in [5.74, 6) is -0.203. The third-order valence-corrected chi connectivity index (χ3v) is 9.48. The number of rotatable bonds is 14. The molecule has 0 aliphatic rings. The average Bonchev–Trinajstić information content (AvgIpc) is 3.04. The molecule has 0 spiro atoms. The maximum atomic E-state index is 14.6. The lowest BCUT2D eigenvalue weighted by Gasteiger charge is -2.34. The highest BCUT2D eigenvalue weighted by Crippen LogP contribution is 2.27. The Balaban J connectivity index is 1.83. The number of nitrogens with zero attached hydrogens (tertiary/aromatic N) is 2. The molecule has 0 heterocycles. The number of amides is 2. The number of sulfonamides is 1. The number of nitrogens with one attached hydrogen (secondary N) is 1. The second-order valence-electron chi connectivity index (χ2n) is 11.5. The summed E-state index contributed by atoms with van der Waals surface area (Å²) in [5.41, 5.74) is 4.64. The molecular formula is C37H43N3O5S. The monoisotopic (exact) mass is 641 g/mol. The predicted molar refractivity (Wildman–Crippen MR) is 182 cm³/mol. The Bertz CT molecular complexity index is 1720. The SMILES string of the molecule is CCCNC(=O)[C@@H](Cc1ccccc1)N(Cc1cccc(OC)c1)C(=O)CN(c1cc(C)cc(C)c1)S(=O)(=O)c1ccc(C)cc1. The molecule has 4 rings (SSSR count). The summed E-state index contributed by atoms with van der Waals surface area (Å²) < 4.78 is 35.1. The van der Waals surface area contributed by atoms with Gasteiger partial charge in [0.25, 0.3) is 10.0 Å².